The largest absolute Gasteiger partial charge is 0.348 e. The van der Waals surface area contributed by atoms with Crippen molar-refractivity contribution in [2.24, 2.45) is 11.3 Å². The van der Waals surface area contributed by atoms with E-state index in [1.165, 1.54) is 0 Å². The fourth-order valence-corrected chi connectivity index (χ4v) is 1.82. The lowest BCUT2D eigenvalue weighted by atomic mass is 9.81. The second-order valence-electron chi connectivity index (χ2n) is 6.47. The van der Waals surface area contributed by atoms with Crippen molar-refractivity contribution in [1.29, 1.82) is 0 Å². The van der Waals surface area contributed by atoms with E-state index in [0.717, 1.165) is 11.3 Å². The smallest absolute Gasteiger partial charge is 0.253 e. The van der Waals surface area contributed by atoms with Crippen molar-refractivity contribution in [3.05, 3.63) is 45.4 Å². The topological polar surface area (TPSA) is 62.0 Å². The van der Waals surface area contributed by atoms with Crippen LogP contribution in [0, 0.1) is 25.2 Å². The first-order valence-electron chi connectivity index (χ1n) is 7.30. The standard InChI is InChI=1S/C17H26N2O2/c1-11(2)17(5,6)8-7-15(20)18-10-14-12(3)9-13(4)19-16(14)21/h7-9,11H,10H2,1-6H3,(H,18,20)(H,19,21)/b8-7+. The minimum Gasteiger partial charge on any atom is -0.348 e. The maximum atomic E-state index is 11.9. The van der Waals surface area contributed by atoms with Gasteiger partial charge in [0.1, 0.15) is 0 Å². The predicted octanol–water partition coefficient (Wildman–Crippen LogP) is 2.85. The molecular formula is C17H26N2O2. The average molecular weight is 290 g/mol. The molecule has 0 aliphatic heterocycles. The fourth-order valence-electron chi connectivity index (χ4n) is 1.82. The molecule has 0 saturated carbocycles. The Labute approximate surface area is 126 Å². The number of carbonyl (C=O) groups is 1. The normalized spacial score (nSPS) is 12.1. The summed E-state index contributed by atoms with van der Waals surface area (Å²) in [6.45, 7) is 12.4. The van der Waals surface area contributed by atoms with Crippen molar-refractivity contribution in [1.82, 2.24) is 10.3 Å². The van der Waals surface area contributed by atoms with Crippen molar-refractivity contribution in [3.63, 3.8) is 0 Å². The van der Waals surface area contributed by atoms with Gasteiger partial charge in [-0.3, -0.25) is 9.59 Å². The summed E-state index contributed by atoms with van der Waals surface area (Å²) in [7, 11) is 0. The van der Waals surface area contributed by atoms with E-state index in [0.29, 0.717) is 11.5 Å². The fraction of sp³-hybridized carbons (Fsp3) is 0.529. The number of allylic oxidation sites excluding steroid dienone is 1. The van der Waals surface area contributed by atoms with E-state index in [9.17, 15) is 9.59 Å². The second-order valence-corrected chi connectivity index (χ2v) is 6.47. The van der Waals surface area contributed by atoms with Crippen LogP contribution in [0.4, 0.5) is 0 Å². The second kappa shape index (κ2) is 6.74. The summed E-state index contributed by atoms with van der Waals surface area (Å²) in [4.78, 5) is 26.5. The van der Waals surface area contributed by atoms with Gasteiger partial charge in [0.25, 0.3) is 5.56 Å². The van der Waals surface area contributed by atoms with Crippen LogP contribution >= 0.6 is 0 Å². The van der Waals surface area contributed by atoms with Crippen LogP contribution in [0.2, 0.25) is 0 Å². The molecule has 1 aromatic rings. The Kier molecular flexibility index (Phi) is 5.53. The highest BCUT2D eigenvalue weighted by Crippen LogP contribution is 2.27. The monoisotopic (exact) mass is 290 g/mol. The summed E-state index contributed by atoms with van der Waals surface area (Å²) in [5.41, 5.74) is 2.15. The van der Waals surface area contributed by atoms with Crippen LogP contribution in [-0.2, 0) is 11.3 Å². The molecule has 0 bridgehead atoms. The van der Waals surface area contributed by atoms with Crippen LogP contribution in [-0.4, -0.2) is 10.9 Å². The van der Waals surface area contributed by atoms with Gasteiger partial charge in [0.05, 0.1) is 0 Å². The number of H-pyrrole nitrogens is 1. The molecule has 0 aliphatic rings. The van der Waals surface area contributed by atoms with Crippen LogP contribution < -0.4 is 10.9 Å². The molecule has 0 fully saturated rings. The van der Waals surface area contributed by atoms with E-state index in [4.69, 9.17) is 0 Å². The quantitative estimate of drug-likeness (QED) is 0.819. The van der Waals surface area contributed by atoms with Gasteiger partial charge in [-0.2, -0.15) is 0 Å². The molecule has 0 aromatic carbocycles. The van der Waals surface area contributed by atoms with Gasteiger partial charge >= 0.3 is 0 Å². The van der Waals surface area contributed by atoms with E-state index in [-0.39, 0.29) is 23.4 Å². The minimum absolute atomic E-state index is 0.0331. The first-order valence-corrected chi connectivity index (χ1v) is 7.30. The number of rotatable bonds is 5. The maximum Gasteiger partial charge on any atom is 0.253 e. The Morgan fingerprint density at radius 1 is 1.38 bits per heavy atom. The molecule has 1 rings (SSSR count). The third kappa shape index (κ3) is 4.88. The molecule has 0 unspecified atom stereocenters. The summed E-state index contributed by atoms with van der Waals surface area (Å²) >= 11 is 0. The van der Waals surface area contributed by atoms with Crippen LogP contribution in [0.15, 0.2) is 23.0 Å². The number of aromatic amines is 1. The molecule has 0 aliphatic carbocycles. The molecule has 0 saturated heterocycles. The van der Waals surface area contributed by atoms with Gasteiger partial charge < -0.3 is 10.3 Å². The van der Waals surface area contributed by atoms with Crippen LogP contribution in [0.25, 0.3) is 0 Å². The molecule has 4 heteroatoms. The number of aromatic nitrogens is 1. The van der Waals surface area contributed by atoms with E-state index in [1.807, 2.05) is 26.0 Å². The number of hydrogen-bond donors (Lipinski definition) is 2. The summed E-state index contributed by atoms with van der Waals surface area (Å²) in [6, 6.07) is 1.90. The molecule has 1 heterocycles. The van der Waals surface area contributed by atoms with Crippen LogP contribution in [0.3, 0.4) is 0 Å². The van der Waals surface area contributed by atoms with Gasteiger partial charge in [0, 0.05) is 17.8 Å². The zero-order valence-corrected chi connectivity index (χ0v) is 13.8. The van der Waals surface area contributed by atoms with Gasteiger partial charge in [-0.25, -0.2) is 0 Å². The molecule has 0 spiro atoms. The summed E-state index contributed by atoms with van der Waals surface area (Å²) in [6.07, 6.45) is 3.47. The molecule has 21 heavy (non-hydrogen) atoms. The zero-order chi connectivity index (χ0) is 16.2. The number of carbonyl (C=O) groups excluding carboxylic acids is 1. The first-order chi connectivity index (χ1) is 9.63. The summed E-state index contributed by atoms with van der Waals surface area (Å²) in [5.74, 6) is 0.270. The Morgan fingerprint density at radius 2 is 2.00 bits per heavy atom. The molecule has 1 amide bonds. The number of aryl methyl sites for hydroxylation is 2. The average Bonchev–Trinajstić information content (AvgIpc) is 2.35. The van der Waals surface area contributed by atoms with E-state index >= 15 is 0 Å². The van der Waals surface area contributed by atoms with Crippen molar-refractivity contribution in [3.8, 4) is 0 Å². The van der Waals surface area contributed by atoms with Crippen molar-refractivity contribution >= 4 is 5.91 Å². The van der Waals surface area contributed by atoms with E-state index < -0.39 is 0 Å². The maximum absolute atomic E-state index is 11.9. The van der Waals surface area contributed by atoms with Crippen molar-refractivity contribution in [2.45, 2.75) is 48.1 Å². The van der Waals surface area contributed by atoms with E-state index in [1.54, 1.807) is 6.08 Å². The Morgan fingerprint density at radius 3 is 2.52 bits per heavy atom. The molecule has 0 atom stereocenters. The predicted molar refractivity (Wildman–Crippen MR) is 86.1 cm³/mol. The molecule has 4 nitrogen and oxygen atoms in total. The van der Waals surface area contributed by atoms with Crippen LogP contribution in [0.1, 0.15) is 44.5 Å². The van der Waals surface area contributed by atoms with Crippen LogP contribution in [0.5, 0.6) is 0 Å². The highest BCUT2D eigenvalue weighted by molar-refractivity contribution is 5.87. The molecular weight excluding hydrogens is 264 g/mol. The third-order valence-electron chi connectivity index (χ3n) is 4.09. The number of amides is 1. The van der Waals surface area contributed by atoms with Crippen molar-refractivity contribution < 1.29 is 4.79 Å². The molecule has 116 valence electrons. The van der Waals surface area contributed by atoms with Gasteiger partial charge in [0.2, 0.25) is 5.91 Å². The molecule has 1 aromatic heterocycles. The zero-order valence-electron chi connectivity index (χ0n) is 13.8. The lowest BCUT2D eigenvalue weighted by molar-refractivity contribution is -0.116. The van der Waals surface area contributed by atoms with Gasteiger partial charge in [-0.1, -0.05) is 33.8 Å². The summed E-state index contributed by atoms with van der Waals surface area (Å²) in [5, 5.41) is 2.77. The molecule has 0 radical (unpaired) electrons. The Hall–Kier alpha value is -1.84. The third-order valence-corrected chi connectivity index (χ3v) is 4.09. The SMILES string of the molecule is Cc1cc(C)c(CNC(=O)/C=C/C(C)(C)C(C)C)c(=O)[nH]1. The number of hydrogen-bond acceptors (Lipinski definition) is 2. The highest BCUT2D eigenvalue weighted by atomic mass is 16.1. The lowest BCUT2D eigenvalue weighted by Gasteiger charge is -2.24. The highest BCUT2D eigenvalue weighted by Gasteiger charge is 2.18. The van der Waals surface area contributed by atoms with Gasteiger partial charge in [0.15, 0.2) is 0 Å². The number of pyridine rings is 1. The molecule has 2 N–H and O–H groups in total. The van der Waals surface area contributed by atoms with Crippen molar-refractivity contribution in [2.75, 3.05) is 0 Å². The Bertz CT molecular complexity index is 595. The number of nitrogens with one attached hydrogen (secondary N) is 2. The van der Waals surface area contributed by atoms with E-state index in [2.05, 4.69) is 38.0 Å². The Balaban J connectivity index is 2.71. The minimum atomic E-state index is -0.178. The van der Waals surface area contributed by atoms with Gasteiger partial charge in [-0.15, -0.1) is 0 Å². The van der Waals surface area contributed by atoms with Gasteiger partial charge in [-0.05, 0) is 42.9 Å². The lowest BCUT2D eigenvalue weighted by Crippen LogP contribution is -2.27. The first kappa shape index (κ1) is 17.2. The summed E-state index contributed by atoms with van der Waals surface area (Å²) < 4.78 is 0.